The van der Waals surface area contributed by atoms with Crippen LogP contribution in [-0.2, 0) is 0 Å². The quantitative estimate of drug-likeness (QED) is 0.815. The Kier molecular flexibility index (Phi) is 2.29. The lowest BCUT2D eigenvalue weighted by atomic mass is 10.1. The van der Waals surface area contributed by atoms with Crippen molar-refractivity contribution in [2.75, 3.05) is 13.1 Å². The van der Waals surface area contributed by atoms with Gasteiger partial charge in [0.05, 0.1) is 0 Å². The highest BCUT2D eigenvalue weighted by Gasteiger charge is 2.18. The van der Waals surface area contributed by atoms with Crippen molar-refractivity contribution in [3.05, 3.63) is 34.4 Å². The Labute approximate surface area is 97.2 Å². The molecule has 1 saturated heterocycles. The molecule has 0 aliphatic carbocycles. The number of nitrogens with one attached hydrogen (secondary N) is 2. The van der Waals surface area contributed by atoms with Crippen LogP contribution in [0.25, 0.3) is 10.9 Å². The van der Waals surface area contributed by atoms with Gasteiger partial charge in [-0.25, -0.2) is 0 Å². The first kappa shape index (κ1) is 9.43. The van der Waals surface area contributed by atoms with E-state index in [0.717, 1.165) is 17.6 Å². The second kappa shape index (κ2) is 3.65. The number of halogens is 1. The number of aromatic nitrogens is 1. The largest absolute Gasteiger partial charge is 0.358 e. The van der Waals surface area contributed by atoms with Crippen LogP contribution in [0, 0.1) is 0 Å². The highest BCUT2D eigenvalue weighted by atomic mass is 79.9. The van der Waals surface area contributed by atoms with Crippen LogP contribution in [0.4, 0.5) is 0 Å². The smallest absolute Gasteiger partial charge is 0.0456 e. The van der Waals surface area contributed by atoms with Gasteiger partial charge in [-0.3, -0.25) is 0 Å². The summed E-state index contributed by atoms with van der Waals surface area (Å²) < 4.78 is 1.14. The van der Waals surface area contributed by atoms with E-state index in [4.69, 9.17) is 0 Å². The van der Waals surface area contributed by atoms with E-state index in [1.807, 2.05) is 0 Å². The van der Waals surface area contributed by atoms with Crippen LogP contribution in [0.3, 0.4) is 0 Å². The third kappa shape index (κ3) is 1.70. The summed E-state index contributed by atoms with van der Waals surface area (Å²) in [5.74, 6) is 0.663. The van der Waals surface area contributed by atoms with E-state index >= 15 is 0 Å². The summed E-state index contributed by atoms with van der Waals surface area (Å²) in [4.78, 5) is 3.50. The van der Waals surface area contributed by atoms with Crippen LogP contribution in [0.5, 0.6) is 0 Å². The van der Waals surface area contributed by atoms with Crippen molar-refractivity contribution in [3.8, 4) is 0 Å². The van der Waals surface area contributed by atoms with Gasteiger partial charge in [0.2, 0.25) is 0 Å². The second-order valence-electron chi connectivity index (χ2n) is 4.15. The summed E-state index contributed by atoms with van der Waals surface area (Å²) in [6.07, 6.45) is 1.24. The third-order valence-corrected chi connectivity index (χ3v) is 3.60. The second-order valence-corrected chi connectivity index (χ2v) is 5.06. The average molecular weight is 265 g/mol. The Morgan fingerprint density at radius 3 is 3.00 bits per heavy atom. The fourth-order valence-corrected chi connectivity index (χ4v) is 2.64. The van der Waals surface area contributed by atoms with Gasteiger partial charge in [-0.2, -0.15) is 0 Å². The molecule has 15 heavy (non-hydrogen) atoms. The number of hydrogen-bond acceptors (Lipinski definition) is 1. The van der Waals surface area contributed by atoms with Gasteiger partial charge in [0, 0.05) is 33.5 Å². The first-order valence-corrected chi connectivity index (χ1v) is 6.11. The highest BCUT2D eigenvalue weighted by Crippen LogP contribution is 2.27. The monoisotopic (exact) mass is 264 g/mol. The predicted octanol–water partition coefficient (Wildman–Crippen LogP) is 3.01. The average Bonchev–Trinajstić information content (AvgIpc) is 2.84. The molecule has 0 saturated carbocycles. The van der Waals surface area contributed by atoms with E-state index < -0.39 is 0 Å². The molecule has 0 bridgehead atoms. The zero-order valence-electron chi connectivity index (χ0n) is 8.39. The Morgan fingerprint density at radius 2 is 2.20 bits per heavy atom. The molecule has 1 fully saturated rings. The predicted molar refractivity (Wildman–Crippen MR) is 66.2 cm³/mol. The van der Waals surface area contributed by atoms with Crippen molar-refractivity contribution in [1.29, 1.82) is 0 Å². The molecule has 3 heteroatoms. The number of H-pyrrole nitrogens is 1. The molecular formula is C12H13BrN2. The SMILES string of the molecule is Brc1ccc2[nH]c(C3CCNC3)cc2c1. The molecule has 78 valence electrons. The highest BCUT2D eigenvalue weighted by molar-refractivity contribution is 9.10. The molecule has 1 aliphatic heterocycles. The van der Waals surface area contributed by atoms with Crippen molar-refractivity contribution < 1.29 is 0 Å². The van der Waals surface area contributed by atoms with Crippen molar-refractivity contribution in [2.24, 2.45) is 0 Å². The van der Waals surface area contributed by atoms with Gasteiger partial charge >= 0.3 is 0 Å². The molecule has 1 atom stereocenters. The van der Waals surface area contributed by atoms with Crippen LogP contribution in [0.2, 0.25) is 0 Å². The minimum Gasteiger partial charge on any atom is -0.358 e. The third-order valence-electron chi connectivity index (χ3n) is 3.10. The summed E-state index contributed by atoms with van der Waals surface area (Å²) in [5, 5.41) is 4.69. The van der Waals surface area contributed by atoms with E-state index in [1.54, 1.807) is 0 Å². The van der Waals surface area contributed by atoms with Crippen molar-refractivity contribution >= 4 is 26.8 Å². The fraction of sp³-hybridized carbons (Fsp3) is 0.333. The van der Waals surface area contributed by atoms with Crippen LogP contribution in [-0.4, -0.2) is 18.1 Å². The molecule has 0 spiro atoms. The zero-order valence-corrected chi connectivity index (χ0v) is 9.97. The molecule has 2 aromatic rings. The minimum absolute atomic E-state index is 0.663. The fourth-order valence-electron chi connectivity index (χ4n) is 2.27. The summed E-state index contributed by atoms with van der Waals surface area (Å²) >= 11 is 3.50. The standard InChI is InChI=1S/C12H13BrN2/c13-10-1-2-11-9(5-10)6-12(15-11)8-3-4-14-7-8/h1-2,5-6,8,14-15H,3-4,7H2. The molecule has 2 nitrogen and oxygen atoms in total. The summed E-state index contributed by atoms with van der Waals surface area (Å²) in [6.45, 7) is 2.25. The summed E-state index contributed by atoms with van der Waals surface area (Å²) in [5.41, 5.74) is 2.60. The van der Waals surface area contributed by atoms with Gasteiger partial charge in [-0.1, -0.05) is 15.9 Å². The van der Waals surface area contributed by atoms with Gasteiger partial charge in [0.15, 0.2) is 0 Å². The van der Waals surface area contributed by atoms with Crippen molar-refractivity contribution in [1.82, 2.24) is 10.3 Å². The topological polar surface area (TPSA) is 27.8 Å². The van der Waals surface area contributed by atoms with Crippen LogP contribution < -0.4 is 5.32 Å². The van der Waals surface area contributed by atoms with Gasteiger partial charge in [-0.05, 0) is 37.2 Å². The molecule has 1 unspecified atom stereocenters. The number of fused-ring (bicyclic) bond motifs is 1. The lowest BCUT2D eigenvalue weighted by molar-refractivity contribution is 0.743. The molecule has 1 aliphatic rings. The first-order chi connectivity index (χ1) is 7.33. The van der Waals surface area contributed by atoms with Gasteiger partial charge < -0.3 is 10.3 Å². The van der Waals surface area contributed by atoms with Crippen LogP contribution >= 0.6 is 15.9 Å². The maximum atomic E-state index is 3.50. The maximum absolute atomic E-state index is 3.50. The Bertz CT molecular complexity index is 483. The van der Waals surface area contributed by atoms with Gasteiger partial charge in [0.1, 0.15) is 0 Å². The van der Waals surface area contributed by atoms with Crippen molar-refractivity contribution in [2.45, 2.75) is 12.3 Å². The molecule has 2 heterocycles. The van der Waals surface area contributed by atoms with Gasteiger partial charge in [0.25, 0.3) is 0 Å². The van der Waals surface area contributed by atoms with Crippen LogP contribution in [0.1, 0.15) is 18.0 Å². The first-order valence-electron chi connectivity index (χ1n) is 5.32. The lowest BCUT2D eigenvalue weighted by Crippen LogP contribution is -2.07. The van der Waals surface area contributed by atoms with Crippen LogP contribution in [0.15, 0.2) is 28.7 Å². The van der Waals surface area contributed by atoms with E-state index in [2.05, 4.69) is 50.5 Å². The normalized spacial score (nSPS) is 21.3. The van der Waals surface area contributed by atoms with E-state index in [1.165, 1.54) is 23.0 Å². The molecule has 3 rings (SSSR count). The number of hydrogen-bond donors (Lipinski definition) is 2. The molecule has 0 amide bonds. The Morgan fingerprint density at radius 1 is 1.27 bits per heavy atom. The summed E-state index contributed by atoms with van der Waals surface area (Å²) in [7, 11) is 0. The molecule has 0 radical (unpaired) electrons. The molecule has 1 aromatic carbocycles. The lowest BCUT2D eigenvalue weighted by Gasteiger charge is -2.03. The van der Waals surface area contributed by atoms with Crippen molar-refractivity contribution in [3.63, 3.8) is 0 Å². The minimum atomic E-state index is 0.663. The maximum Gasteiger partial charge on any atom is 0.0456 e. The molecular weight excluding hydrogens is 252 g/mol. The zero-order chi connectivity index (χ0) is 10.3. The Hall–Kier alpha value is -0.800. The van der Waals surface area contributed by atoms with E-state index in [9.17, 15) is 0 Å². The number of rotatable bonds is 1. The molecule has 2 N–H and O–H groups in total. The van der Waals surface area contributed by atoms with E-state index in [-0.39, 0.29) is 0 Å². The number of aromatic amines is 1. The Balaban J connectivity index is 2.05. The van der Waals surface area contributed by atoms with Gasteiger partial charge in [-0.15, -0.1) is 0 Å². The number of benzene rings is 1. The van der Waals surface area contributed by atoms with E-state index in [0.29, 0.717) is 5.92 Å². The summed E-state index contributed by atoms with van der Waals surface area (Å²) in [6, 6.07) is 8.65. The molecule has 1 aromatic heterocycles.